The van der Waals surface area contributed by atoms with Gasteiger partial charge in [0.1, 0.15) is 0 Å². The van der Waals surface area contributed by atoms with Gasteiger partial charge in [-0.1, -0.05) is 72.8 Å². The lowest BCUT2D eigenvalue weighted by atomic mass is 10.00. The molecule has 36 heavy (non-hydrogen) atoms. The van der Waals surface area contributed by atoms with E-state index in [-0.39, 0.29) is 5.88 Å². The predicted octanol–water partition coefficient (Wildman–Crippen LogP) is 6.25. The summed E-state index contributed by atoms with van der Waals surface area (Å²) in [4.78, 5) is 7.97. The topological polar surface area (TPSA) is 84.2 Å². The molecule has 0 saturated carbocycles. The lowest BCUT2D eigenvalue weighted by molar-refractivity contribution is 0.457. The van der Waals surface area contributed by atoms with Crippen LogP contribution in [0.25, 0.3) is 10.9 Å². The Kier molecular flexibility index (Phi) is 6.88. The van der Waals surface area contributed by atoms with E-state index in [2.05, 4.69) is 52.8 Å². The Labute approximate surface area is 210 Å². The average Bonchev–Trinajstić information content (AvgIpc) is 3.26. The number of H-pyrrole nitrogens is 1. The van der Waals surface area contributed by atoms with Crippen molar-refractivity contribution in [3.8, 4) is 11.9 Å². The second kappa shape index (κ2) is 10.7. The van der Waals surface area contributed by atoms with Gasteiger partial charge < -0.3 is 15.4 Å². The molecule has 0 radical (unpaired) electrons. The van der Waals surface area contributed by atoms with Crippen LogP contribution in [0.4, 0.5) is 5.69 Å². The van der Waals surface area contributed by atoms with Crippen LogP contribution in [-0.2, 0) is 13.0 Å². The fraction of sp³-hybridized carbons (Fsp3) is 0.0968. The number of fused-ring (bicyclic) bond motifs is 1. The van der Waals surface area contributed by atoms with Crippen LogP contribution < -0.4 is 5.32 Å². The number of nitrogens with zero attached hydrogens (tertiary/aromatic N) is 2. The standard InChI is InChI=1S/C31H26N4O/c32-20-24-13-16-28-27(19-24)29(31(36)35-28)30(25-9-5-2-6-10-25)34-26-14-11-23(12-15-26)21-33-18-17-22-7-3-1-4-8-22/h1-16,19,33,35-36H,17-18,21H2. The Bertz CT molecular complexity index is 1530. The number of aromatic amines is 1. The summed E-state index contributed by atoms with van der Waals surface area (Å²) >= 11 is 0. The molecule has 0 aliphatic heterocycles. The lowest BCUT2D eigenvalue weighted by Gasteiger charge is -2.09. The van der Waals surface area contributed by atoms with Crippen LogP contribution in [0.3, 0.4) is 0 Å². The predicted molar refractivity (Wildman–Crippen MR) is 145 cm³/mol. The molecule has 1 heterocycles. The molecular weight excluding hydrogens is 444 g/mol. The minimum atomic E-state index is 0.0296. The van der Waals surface area contributed by atoms with Crippen LogP contribution in [0.15, 0.2) is 108 Å². The van der Waals surface area contributed by atoms with Crippen molar-refractivity contribution in [2.75, 3.05) is 6.54 Å². The normalized spacial score (nSPS) is 11.5. The SMILES string of the molecule is N#Cc1ccc2[nH]c(O)c(C(=Nc3ccc(CNCCc4ccccc4)cc3)c3ccccc3)c2c1. The summed E-state index contributed by atoms with van der Waals surface area (Å²) < 4.78 is 0. The maximum atomic E-state index is 10.8. The van der Waals surface area contributed by atoms with Crippen LogP contribution in [0.1, 0.15) is 27.8 Å². The van der Waals surface area contributed by atoms with Crippen molar-refractivity contribution in [1.29, 1.82) is 5.26 Å². The van der Waals surface area contributed by atoms with Gasteiger partial charge in [-0.05, 0) is 54.4 Å². The highest BCUT2D eigenvalue weighted by atomic mass is 16.3. The molecule has 0 atom stereocenters. The van der Waals surface area contributed by atoms with Gasteiger partial charge >= 0.3 is 0 Å². The summed E-state index contributed by atoms with van der Waals surface area (Å²) in [6, 6.07) is 35.8. The van der Waals surface area contributed by atoms with E-state index < -0.39 is 0 Å². The molecule has 0 amide bonds. The Morgan fingerprint density at radius 3 is 2.31 bits per heavy atom. The molecule has 176 valence electrons. The van der Waals surface area contributed by atoms with E-state index in [0.717, 1.165) is 41.7 Å². The van der Waals surface area contributed by atoms with Crippen molar-refractivity contribution in [2.45, 2.75) is 13.0 Å². The third-order valence-corrected chi connectivity index (χ3v) is 6.13. The zero-order chi connectivity index (χ0) is 24.7. The fourth-order valence-electron chi connectivity index (χ4n) is 4.28. The first-order valence-corrected chi connectivity index (χ1v) is 11.9. The van der Waals surface area contributed by atoms with Gasteiger partial charge in [-0.3, -0.25) is 0 Å². The molecule has 0 fully saturated rings. The summed E-state index contributed by atoms with van der Waals surface area (Å²) in [5.74, 6) is 0.0296. The number of nitriles is 1. The summed E-state index contributed by atoms with van der Waals surface area (Å²) in [7, 11) is 0. The third-order valence-electron chi connectivity index (χ3n) is 6.13. The summed E-state index contributed by atoms with van der Waals surface area (Å²) in [6.45, 7) is 1.69. The summed E-state index contributed by atoms with van der Waals surface area (Å²) in [5.41, 5.74) is 6.67. The van der Waals surface area contributed by atoms with Crippen molar-refractivity contribution in [2.24, 2.45) is 4.99 Å². The van der Waals surface area contributed by atoms with E-state index >= 15 is 0 Å². The van der Waals surface area contributed by atoms with Gasteiger partial charge in [0.05, 0.1) is 28.6 Å². The quantitative estimate of drug-likeness (QED) is 0.185. The second-order valence-electron chi connectivity index (χ2n) is 8.63. The van der Waals surface area contributed by atoms with Crippen molar-refractivity contribution < 1.29 is 5.11 Å². The summed E-state index contributed by atoms with van der Waals surface area (Å²) in [6.07, 6.45) is 0.991. The van der Waals surface area contributed by atoms with Crippen LogP contribution in [0, 0.1) is 11.3 Å². The average molecular weight is 471 g/mol. The van der Waals surface area contributed by atoms with Gasteiger partial charge in [0.2, 0.25) is 0 Å². The van der Waals surface area contributed by atoms with E-state index in [4.69, 9.17) is 4.99 Å². The van der Waals surface area contributed by atoms with E-state index in [1.807, 2.05) is 48.5 Å². The molecule has 0 spiro atoms. The summed E-state index contributed by atoms with van der Waals surface area (Å²) in [5, 5.41) is 24.5. The van der Waals surface area contributed by atoms with Crippen molar-refractivity contribution >= 4 is 22.3 Å². The molecule has 3 N–H and O–H groups in total. The first kappa shape index (κ1) is 23.1. The number of hydrogen-bond acceptors (Lipinski definition) is 4. The maximum absolute atomic E-state index is 10.8. The Balaban J connectivity index is 1.41. The number of nitrogens with one attached hydrogen (secondary N) is 2. The highest BCUT2D eigenvalue weighted by Gasteiger charge is 2.19. The van der Waals surface area contributed by atoms with Crippen LogP contribution in [0.2, 0.25) is 0 Å². The van der Waals surface area contributed by atoms with Crippen molar-refractivity contribution in [3.05, 3.63) is 131 Å². The second-order valence-corrected chi connectivity index (χ2v) is 8.63. The minimum Gasteiger partial charge on any atom is -0.494 e. The maximum Gasteiger partial charge on any atom is 0.199 e. The Morgan fingerprint density at radius 1 is 0.861 bits per heavy atom. The van der Waals surface area contributed by atoms with Gasteiger partial charge in [-0.25, -0.2) is 4.99 Å². The molecule has 5 nitrogen and oxygen atoms in total. The molecule has 0 aliphatic rings. The van der Waals surface area contributed by atoms with Crippen LogP contribution in [-0.4, -0.2) is 22.3 Å². The molecule has 5 aromatic rings. The molecule has 0 aliphatic carbocycles. The Morgan fingerprint density at radius 2 is 1.58 bits per heavy atom. The van der Waals surface area contributed by atoms with Gasteiger partial charge in [0.25, 0.3) is 0 Å². The molecule has 0 saturated heterocycles. The molecule has 0 bridgehead atoms. The van der Waals surface area contributed by atoms with Crippen molar-refractivity contribution in [1.82, 2.24) is 10.3 Å². The van der Waals surface area contributed by atoms with E-state index in [0.29, 0.717) is 16.8 Å². The lowest BCUT2D eigenvalue weighted by Crippen LogP contribution is -2.16. The van der Waals surface area contributed by atoms with Gasteiger partial charge in [0, 0.05) is 23.0 Å². The van der Waals surface area contributed by atoms with Crippen molar-refractivity contribution in [3.63, 3.8) is 0 Å². The number of hydrogen-bond donors (Lipinski definition) is 3. The first-order chi connectivity index (χ1) is 17.7. The molecule has 5 heteroatoms. The number of benzene rings is 4. The molecule has 5 rings (SSSR count). The van der Waals surface area contributed by atoms with Gasteiger partial charge in [-0.2, -0.15) is 5.26 Å². The first-order valence-electron chi connectivity index (χ1n) is 11.9. The zero-order valence-corrected chi connectivity index (χ0v) is 19.8. The third kappa shape index (κ3) is 5.20. The molecule has 0 unspecified atom stereocenters. The Hall–Kier alpha value is -4.66. The van der Waals surface area contributed by atoms with E-state index in [1.165, 1.54) is 11.1 Å². The highest BCUT2D eigenvalue weighted by Crippen LogP contribution is 2.32. The van der Waals surface area contributed by atoms with Gasteiger partial charge in [-0.15, -0.1) is 0 Å². The number of rotatable bonds is 8. The zero-order valence-electron chi connectivity index (χ0n) is 19.8. The fourth-order valence-corrected chi connectivity index (χ4v) is 4.28. The van der Waals surface area contributed by atoms with E-state index in [1.54, 1.807) is 18.2 Å². The van der Waals surface area contributed by atoms with Crippen LogP contribution in [0.5, 0.6) is 5.88 Å². The molecule has 1 aromatic heterocycles. The number of aromatic nitrogens is 1. The highest BCUT2D eigenvalue weighted by molar-refractivity contribution is 6.22. The van der Waals surface area contributed by atoms with Gasteiger partial charge in [0.15, 0.2) is 5.88 Å². The van der Waals surface area contributed by atoms with Crippen LogP contribution >= 0.6 is 0 Å². The van der Waals surface area contributed by atoms with E-state index in [9.17, 15) is 10.4 Å². The molecule has 4 aromatic carbocycles. The smallest absolute Gasteiger partial charge is 0.199 e. The number of aliphatic imine (C=N–C) groups is 1. The number of aromatic hydroxyl groups is 1. The monoisotopic (exact) mass is 470 g/mol. The largest absolute Gasteiger partial charge is 0.494 e. The minimum absolute atomic E-state index is 0.0296. The molecular formula is C31H26N4O.